The van der Waals surface area contributed by atoms with Gasteiger partial charge in [-0.2, -0.15) is 0 Å². The number of halogens is 2. The molecular formula is C18H14Cl2N4O. The Morgan fingerprint density at radius 3 is 2.20 bits per heavy atom. The molecule has 126 valence electrons. The molecular weight excluding hydrogens is 359 g/mol. The van der Waals surface area contributed by atoms with E-state index in [2.05, 4.69) is 20.6 Å². The number of benzene rings is 2. The summed E-state index contributed by atoms with van der Waals surface area (Å²) in [6.45, 7) is 0.599. The molecule has 0 aliphatic heterocycles. The highest BCUT2D eigenvalue weighted by molar-refractivity contribution is 6.40. The van der Waals surface area contributed by atoms with E-state index >= 15 is 0 Å². The van der Waals surface area contributed by atoms with Gasteiger partial charge in [0.05, 0.1) is 21.3 Å². The van der Waals surface area contributed by atoms with E-state index in [1.165, 1.54) is 12.4 Å². The minimum atomic E-state index is -0.385. The molecule has 0 saturated heterocycles. The fraction of sp³-hybridized carbons (Fsp3) is 0.0556. The summed E-state index contributed by atoms with van der Waals surface area (Å²) in [4.78, 5) is 20.6. The Morgan fingerprint density at radius 1 is 0.920 bits per heavy atom. The van der Waals surface area contributed by atoms with Crippen LogP contribution in [-0.4, -0.2) is 15.9 Å². The molecule has 3 rings (SSSR count). The third-order valence-corrected chi connectivity index (χ3v) is 4.04. The van der Waals surface area contributed by atoms with Crippen LogP contribution in [-0.2, 0) is 6.54 Å². The third kappa shape index (κ3) is 4.47. The summed E-state index contributed by atoms with van der Waals surface area (Å²) in [5.74, 6) is 0.0563. The van der Waals surface area contributed by atoms with E-state index in [1.807, 2.05) is 30.3 Å². The summed E-state index contributed by atoms with van der Waals surface area (Å²) in [7, 11) is 0. The predicted molar refractivity (Wildman–Crippen MR) is 100 cm³/mol. The Bertz CT molecular complexity index is 850. The number of nitrogens with one attached hydrogen (secondary N) is 2. The first-order chi connectivity index (χ1) is 12.1. The van der Waals surface area contributed by atoms with Crippen LogP contribution >= 0.6 is 23.2 Å². The van der Waals surface area contributed by atoms with E-state index in [-0.39, 0.29) is 5.91 Å². The van der Waals surface area contributed by atoms with Gasteiger partial charge in [0.25, 0.3) is 5.91 Å². The molecule has 7 heteroatoms. The molecule has 0 spiro atoms. The van der Waals surface area contributed by atoms with E-state index in [4.69, 9.17) is 23.2 Å². The van der Waals surface area contributed by atoms with Crippen molar-refractivity contribution in [3.8, 4) is 0 Å². The number of hydrogen-bond acceptors (Lipinski definition) is 4. The quantitative estimate of drug-likeness (QED) is 0.683. The minimum absolute atomic E-state index is 0.307. The van der Waals surface area contributed by atoms with Crippen LogP contribution in [0.15, 0.2) is 60.9 Å². The summed E-state index contributed by atoms with van der Waals surface area (Å²) in [6, 6.07) is 14.9. The second kappa shape index (κ2) is 7.96. The molecule has 0 unspecified atom stereocenters. The van der Waals surface area contributed by atoms with E-state index in [0.717, 1.165) is 5.56 Å². The average Bonchev–Trinajstić information content (AvgIpc) is 2.64. The standard InChI is InChI=1S/C18H14Cl2N4O/c19-14-7-4-8-15(20)16(14)24-17(25)13-10-22-18(23-11-13)21-9-12-5-2-1-3-6-12/h1-8,10-11H,9H2,(H,24,25)(H,21,22,23). The molecule has 0 aliphatic rings. The van der Waals surface area contributed by atoms with Crippen LogP contribution in [0.3, 0.4) is 0 Å². The van der Waals surface area contributed by atoms with Crippen LogP contribution in [0.2, 0.25) is 10.0 Å². The zero-order valence-electron chi connectivity index (χ0n) is 13.0. The number of carbonyl (C=O) groups is 1. The van der Waals surface area contributed by atoms with Gasteiger partial charge in [0.2, 0.25) is 5.95 Å². The lowest BCUT2D eigenvalue weighted by Gasteiger charge is -2.09. The topological polar surface area (TPSA) is 66.9 Å². The normalized spacial score (nSPS) is 10.3. The van der Waals surface area contributed by atoms with Gasteiger partial charge in [0, 0.05) is 18.9 Å². The fourth-order valence-corrected chi connectivity index (χ4v) is 2.61. The number of nitrogens with zero attached hydrogens (tertiary/aromatic N) is 2. The Morgan fingerprint density at radius 2 is 1.56 bits per heavy atom. The molecule has 0 fully saturated rings. The first-order valence-corrected chi connectivity index (χ1v) is 8.24. The van der Waals surface area contributed by atoms with Crippen molar-refractivity contribution in [2.75, 3.05) is 10.6 Å². The third-order valence-electron chi connectivity index (χ3n) is 3.41. The first-order valence-electron chi connectivity index (χ1n) is 7.48. The van der Waals surface area contributed by atoms with Gasteiger partial charge in [-0.1, -0.05) is 59.6 Å². The monoisotopic (exact) mass is 372 g/mol. The van der Waals surface area contributed by atoms with Gasteiger partial charge < -0.3 is 10.6 Å². The zero-order chi connectivity index (χ0) is 17.6. The van der Waals surface area contributed by atoms with Crippen molar-refractivity contribution in [3.63, 3.8) is 0 Å². The van der Waals surface area contributed by atoms with Crippen LogP contribution in [0.4, 0.5) is 11.6 Å². The summed E-state index contributed by atoms with van der Waals surface area (Å²) in [5, 5.41) is 6.50. The molecule has 2 aromatic carbocycles. The molecule has 1 amide bonds. The fourth-order valence-electron chi connectivity index (χ4n) is 2.12. The highest BCUT2D eigenvalue weighted by Gasteiger charge is 2.12. The lowest BCUT2D eigenvalue weighted by atomic mass is 10.2. The predicted octanol–water partition coefficient (Wildman–Crippen LogP) is 4.65. The highest BCUT2D eigenvalue weighted by Crippen LogP contribution is 2.30. The number of para-hydroxylation sites is 1. The van der Waals surface area contributed by atoms with Crippen molar-refractivity contribution < 1.29 is 4.79 Å². The molecule has 0 radical (unpaired) electrons. The van der Waals surface area contributed by atoms with E-state index in [9.17, 15) is 4.79 Å². The molecule has 0 bridgehead atoms. The largest absolute Gasteiger partial charge is 0.350 e. The average molecular weight is 373 g/mol. The first kappa shape index (κ1) is 17.2. The Hall–Kier alpha value is -2.63. The highest BCUT2D eigenvalue weighted by atomic mass is 35.5. The van der Waals surface area contributed by atoms with Gasteiger partial charge in [-0.05, 0) is 17.7 Å². The number of hydrogen-bond donors (Lipinski definition) is 2. The lowest BCUT2D eigenvalue weighted by Crippen LogP contribution is -2.14. The minimum Gasteiger partial charge on any atom is -0.350 e. The molecule has 0 aliphatic carbocycles. The van der Waals surface area contributed by atoms with Gasteiger partial charge in [-0.15, -0.1) is 0 Å². The summed E-state index contributed by atoms with van der Waals surface area (Å²) in [5.41, 5.74) is 1.78. The van der Waals surface area contributed by atoms with Gasteiger partial charge >= 0.3 is 0 Å². The Kier molecular flexibility index (Phi) is 5.48. The molecule has 1 heterocycles. The number of aromatic nitrogens is 2. The number of anilines is 2. The van der Waals surface area contributed by atoms with Gasteiger partial charge in [0.1, 0.15) is 0 Å². The molecule has 25 heavy (non-hydrogen) atoms. The Labute approximate surface area is 155 Å². The van der Waals surface area contributed by atoms with Crippen molar-refractivity contribution >= 4 is 40.7 Å². The van der Waals surface area contributed by atoms with Gasteiger partial charge in [-0.25, -0.2) is 9.97 Å². The van der Waals surface area contributed by atoms with Crippen molar-refractivity contribution in [2.24, 2.45) is 0 Å². The molecule has 0 atom stereocenters. The SMILES string of the molecule is O=C(Nc1c(Cl)cccc1Cl)c1cnc(NCc2ccccc2)nc1. The second-order valence-electron chi connectivity index (χ2n) is 5.19. The maximum atomic E-state index is 12.3. The summed E-state index contributed by atoms with van der Waals surface area (Å²) >= 11 is 12.1. The summed E-state index contributed by atoms with van der Waals surface area (Å²) < 4.78 is 0. The maximum absolute atomic E-state index is 12.3. The lowest BCUT2D eigenvalue weighted by molar-refractivity contribution is 0.102. The molecule has 1 aromatic heterocycles. The molecule has 0 saturated carbocycles. The van der Waals surface area contributed by atoms with Crippen LogP contribution in [0.5, 0.6) is 0 Å². The van der Waals surface area contributed by atoms with Crippen molar-refractivity contribution in [1.29, 1.82) is 0 Å². The van der Waals surface area contributed by atoms with Crippen molar-refractivity contribution in [1.82, 2.24) is 9.97 Å². The second-order valence-corrected chi connectivity index (χ2v) is 6.00. The number of amides is 1. The maximum Gasteiger partial charge on any atom is 0.258 e. The smallest absolute Gasteiger partial charge is 0.258 e. The Balaban J connectivity index is 1.64. The summed E-state index contributed by atoms with van der Waals surface area (Å²) in [6.07, 6.45) is 2.89. The van der Waals surface area contributed by atoms with Gasteiger partial charge in [0.15, 0.2) is 0 Å². The van der Waals surface area contributed by atoms with E-state index < -0.39 is 0 Å². The van der Waals surface area contributed by atoms with Crippen LogP contribution in [0.25, 0.3) is 0 Å². The van der Waals surface area contributed by atoms with Gasteiger partial charge in [-0.3, -0.25) is 4.79 Å². The molecule has 2 N–H and O–H groups in total. The molecule has 5 nitrogen and oxygen atoms in total. The number of rotatable bonds is 5. The van der Waals surface area contributed by atoms with Crippen LogP contribution in [0.1, 0.15) is 15.9 Å². The van der Waals surface area contributed by atoms with Crippen molar-refractivity contribution in [2.45, 2.75) is 6.54 Å². The molecule has 3 aromatic rings. The number of carbonyl (C=O) groups excluding carboxylic acids is 1. The van der Waals surface area contributed by atoms with E-state index in [1.54, 1.807) is 18.2 Å². The zero-order valence-corrected chi connectivity index (χ0v) is 14.6. The van der Waals surface area contributed by atoms with E-state index in [0.29, 0.717) is 33.8 Å². The van der Waals surface area contributed by atoms with Crippen LogP contribution < -0.4 is 10.6 Å². The van der Waals surface area contributed by atoms with Crippen molar-refractivity contribution in [3.05, 3.63) is 82.1 Å². The van der Waals surface area contributed by atoms with Crippen LogP contribution in [0, 0.1) is 0 Å².